The van der Waals surface area contributed by atoms with Crippen LogP contribution in [0.1, 0.15) is 16.7 Å². The number of halogens is 3. The molecule has 0 aliphatic rings. The highest BCUT2D eigenvalue weighted by Crippen LogP contribution is 2.26. The van der Waals surface area contributed by atoms with E-state index in [1.807, 2.05) is 19.9 Å². The van der Waals surface area contributed by atoms with Crippen molar-refractivity contribution in [3.05, 3.63) is 34.9 Å². The molecule has 0 aliphatic carbocycles. The summed E-state index contributed by atoms with van der Waals surface area (Å²) in [5.41, 5.74) is 2.68. The van der Waals surface area contributed by atoms with Crippen molar-refractivity contribution in [1.82, 2.24) is 0 Å². The predicted octanol–water partition coefficient (Wildman–Crippen LogP) is 3.25. The van der Waals surface area contributed by atoms with Crippen LogP contribution in [0.2, 0.25) is 0 Å². The summed E-state index contributed by atoms with van der Waals surface area (Å²) in [6, 6.07) is 6.68. The quantitative estimate of drug-likeness (QED) is 0.853. The normalized spacial score (nSPS) is 14.7. The van der Waals surface area contributed by atoms with Gasteiger partial charge in [0.05, 0.1) is 6.07 Å². The number of nitriles is 1. The lowest BCUT2D eigenvalue weighted by Crippen LogP contribution is -2.27. The highest BCUT2D eigenvalue weighted by Gasteiger charge is 2.40. The summed E-state index contributed by atoms with van der Waals surface area (Å²) >= 11 is 0. The van der Waals surface area contributed by atoms with Crippen molar-refractivity contribution in [2.24, 2.45) is 5.92 Å². The summed E-state index contributed by atoms with van der Waals surface area (Å²) in [5, 5.41) is 8.46. The molecule has 104 valence electrons. The lowest BCUT2D eigenvalue weighted by atomic mass is 10.1. The third-order valence-electron chi connectivity index (χ3n) is 2.51. The van der Waals surface area contributed by atoms with Gasteiger partial charge in [0.1, 0.15) is 0 Å². The van der Waals surface area contributed by atoms with E-state index in [2.05, 4.69) is 0 Å². The molecule has 2 nitrogen and oxygen atoms in total. The van der Waals surface area contributed by atoms with Gasteiger partial charge in [-0.2, -0.15) is 18.4 Å². The maximum atomic E-state index is 12.4. The fourth-order valence-electron chi connectivity index (χ4n) is 1.79. The number of alkyl halides is 3. The number of benzene rings is 1. The lowest BCUT2D eigenvalue weighted by Gasteiger charge is -2.13. The summed E-state index contributed by atoms with van der Waals surface area (Å²) < 4.78 is 48.9. The van der Waals surface area contributed by atoms with Gasteiger partial charge in [-0.15, -0.1) is 0 Å². The first-order chi connectivity index (χ1) is 8.72. The van der Waals surface area contributed by atoms with E-state index in [-0.39, 0.29) is 5.75 Å². The molecule has 0 fully saturated rings. The van der Waals surface area contributed by atoms with Crippen molar-refractivity contribution in [1.29, 1.82) is 5.26 Å². The van der Waals surface area contributed by atoms with Crippen LogP contribution < -0.4 is 0 Å². The minimum Gasteiger partial charge on any atom is -0.259 e. The van der Waals surface area contributed by atoms with Gasteiger partial charge in [-0.25, -0.2) is 0 Å². The number of aryl methyl sites for hydroxylation is 2. The zero-order valence-corrected chi connectivity index (χ0v) is 11.4. The second kappa shape index (κ2) is 6.20. The van der Waals surface area contributed by atoms with Gasteiger partial charge in [-0.3, -0.25) is 4.21 Å². The van der Waals surface area contributed by atoms with Crippen LogP contribution in [0.25, 0.3) is 0 Å². The van der Waals surface area contributed by atoms with Gasteiger partial charge in [0.15, 0.2) is 5.92 Å². The average molecular weight is 289 g/mol. The Morgan fingerprint density at radius 1 is 1.26 bits per heavy atom. The highest BCUT2D eigenvalue weighted by molar-refractivity contribution is 7.84. The monoisotopic (exact) mass is 289 g/mol. The average Bonchev–Trinajstić information content (AvgIpc) is 2.22. The first kappa shape index (κ1) is 15.7. The van der Waals surface area contributed by atoms with Crippen molar-refractivity contribution in [3.8, 4) is 6.07 Å². The van der Waals surface area contributed by atoms with Gasteiger partial charge in [-0.1, -0.05) is 29.3 Å². The van der Waals surface area contributed by atoms with E-state index in [0.717, 1.165) is 22.8 Å². The van der Waals surface area contributed by atoms with E-state index < -0.39 is 28.6 Å². The molecule has 0 saturated carbocycles. The van der Waals surface area contributed by atoms with Crippen LogP contribution in [-0.2, 0) is 16.6 Å². The van der Waals surface area contributed by atoms with E-state index in [1.54, 1.807) is 12.1 Å². The maximum Gasteiger partial charge on any atom is 0.405 e. The van der Waals surface area contributed by atoms with Crippen molar-refractivity contribution in [2.45, 2.75) is 25.8 Å². The fourth-order valence-corrected chi connectivity index (χ4v) is 3.08. The molecule has 1 aromatic rings. The van der Waals surface area contributed by atoms with E-state index in [9.17, 15) is 17.4 Å². The highest BCUT2D eigenvalue weighted by atomic mass is 32.2. The molecule has 0 spiro atoms. The molecule has 2 atom stereocenters. The number of hydrogen-bond donors (Lipinski definition) is 0. The summed E-state index contributed by atoms with van der Waals surface area (Å²) in [4.78, 5) is 0. The minimum absolute atomic E-state index is 0.0385. The Bertz CT molecular complexity index is 499. The predicted molar refractivity (Wildman–Crippen MR) is 67.8 cm³/mol. The molecule has 6 heteroatoms. The van der Waals surface area contributed by atoms with E-state index >= 15 is 0 Å². The Morgan fingerprint density at radius 2 is 1.79 bits per heavy atom. The van der Waals surface area contributed by atoms with Crippen LogP contribution in [0.4, 0.5) is 13.2 Å². The van der Waals surface area contributed by atoms with Gasteiger partial charge < -0.3 is 0 Å². The molecule has 1 rings (SSSR count). The standard InChI is InChI=1S/C13H14F3NOS/c1-9-3-10(2)5-11(4-9)7-19(18)8-12(6-17)13(14,15)16/h3-5,12H,7-8H2,1-2H3. The first-order valence-electron chi connectivity index (χ1n) is 5.61. The molecular weight excluding hydrogens is 275 g/mol. The Hall–Kier alpha value is -1.35. The molecule has 0 aliphatic heterocycles. The molecule has 2 unspecified atom stereocenters. The van der Waals surface area contributed by atoms with Crippen LogP contribution in [0.15, 0.2) is 18.2 Å². The van der Waals surface area contributed by atoms with Crippen LogP contribution in [0.3, 0.4) is 0 Å². The minimum atomic E-state index is -4.62. The third kappa shape index (κ3) is 5.03. The summed E-state index contributed by atoms with van der Waals surface area (Å²) in [7, 11) is -1.71. The molecule has 0 N–H and O–H groups in total. The van der Waals surface area contributed by atoms with Crippen LogP contribution in [0, 0.1) is 31.1 Å². The second-order valence-corrected chi connectivity index (χ2v) is 5.97. The van der Waals surface area contributed by atoms with Gasteiger partial charge >= 0.3 is 6.18 Å². The third-order valence-corrected chi connectivity index (χ3v) is 3.87. The van der Waals surface area contributed by atoms with Crippen molar-refractivity contribution in [2.75, 3.05) is 5.75 Å². The topological polar surface area (TPSA) is 40.9 Å². The molecular formula is C13H14F3NOS. The van der Waals surface area contributed by atoms with Gasteiger partial charge in [0.2, 0.25) is 0 Å². The zero-order valence-electron chi connectivity index (χ0n) is 10.6. The van der Waals surface area contributed by atoms with Gasteiger partial charge in [-0.05, 0) is 19.4 Å². The summed E-state index contributed by atoms with van der Waals surface area (Å²) in [5.74, 6) is -2.80. The number of nitrogens with zero attached hydrogens (tertiary/aromatic N) is 1. The van der Waals surface area contributed by atoms with Crippen LogP contribution >= 0.6 is 0 Å². The molecule has 1 aromatic carbocycles. The Kier molecular flexibility index (Phi) is 5.12. The molecule has 19 heavy (non-hydrogen) atoms. The lowest BCUT2D eigenvalue weighted by molar-refractivity contribution is -0.153. The fraction of sp³-hybridized carbons (Fsp3) is 0.462. The smallest absolute Gasteiger partial charge is 0.259 e. The first-order valence-corrected chi connectivity index (χ1v) is 7.09. The second-order valence-electron chi connectivity index (χ2n) is 4.47. The summed E-state index contributed by atoms with van der Waals surface area (Å²) in [6.07, 6.45) is -4.62. The molecule has 0 heterocycles. The molecule has 0 amide bonds. The maximum absolute atomic E-state index is 12.4. The number of rotatable bonds is 4. The van der Waals surface area contributed by atoms with E-state index in [0.29, 0.717) is 0 Å². The molecule has 0 radical (unpaired) electrons. The Morgan fingerprint density at radius 3 is 2.21 bits per heavy atom. The molecule has 0 aromatic heterocycles. The van der Waals surface area contributed by atoms with Crippen molar-refractivity contribution < 1.29 is 17.4 Å². The number of hydrogen-bond acceptors (Lipinski definition) is 2. The summed E-state index contributed by atoms with van der Waals surface area (Å²) in [6.45, 7) is 3.74. The molecule has 0 bridgehead atoms. The van der Waals surface area contributed by atoms with Crippen molar-refractivity contribution >= 4 is 10.8 Å². The van der Waals surface area contributed by atoms with Gasteiger partial charge in [0.25, 0.3) is 0 Å². The van der Waals surface area contributed by atoms with Crippen LogP contribution in [0.5, 0.6) is 0 Å². The Labute approximate surface area is 112 Å². The van der Waals surface area contributed by atoms with Gasteiger partial charge in [0, 0.05) is 22.3 Å². The van der Waals surface area contributed by atoms with E-state index in [4.69, 9.17) is 5.26 Å². The van der Waals surface area contributed by atoms with Crippen LogP contribution in [-0.4, -0.2) is 16.1 Å². The Balaban J connectivity index is 2.73. The SMILES string of the molecule is Cc1cc(C)cc(CS(=O)CC(C#N)C(F)(F)F)c1. The molecule has 0 saturated heterocycles. The van der Waals surface area contributed by atoms with Crippen molar-refractivity contribution in [3.63, 3.8) is 0 Å². The largest absolute Gasteiger partial charge is 0.405 e. The van der Waals surface area contributed by atoms with E-state index in [1.165, 1.54) is 0 Å². The zero-order chi connectivity index (χ0) is 14.6.